The van der Waals surface area contributed by atoms with Gasteiger partial charge in [0.15, 0.2) is 0 Å². The van der Waals surface area contributed by atoms with Gasteiger partial charge in [0.25, 0.3) is 0 Å². The van der Waals surface area contributed by atoms with Crippen LogP contribution in [0, 0.1) is 0 Å². The van der Waals surface area contributed by atoms with Gasteiger partial charge in [-0.25, -0.2) is 9.97 Å². The molecule has 96 valence electrons. The zero-order valence-corrected chi connectivity index (χ0v) is 11.1. The van der Waals surface area contributed by atoms with E-state index in [0.717, 1.165) is 35.4 Å². The molecular weight excluding hydrogens is 246 g/mol. The van der Waals surface area contributed by atoms with E-state index >= 15 is 0 Å². The maximum absolute atomic E-state index is 9.20. The third-order valence-corrected chi connectivity index (χ3v) is 4.42. The van der Waals surface area contributed by atoms with Crippen LogP contribution in [0.1, 0.15) is 25.7 Å². The average molecular weight is 263 g/mol. The number of rotatable bonds is 3. The largest absolute Gasteiger partial charge is 0.396 e. The zero-order valence-electron chi connectivity index (χ0n) is 10.2. The van der Waals surface area contributed by atoms with Crippen molar-refractivity contribution in [2.24, 2.45) is 0 Å². The molecule has 0 aromatic carbocycles. The summed E-state index contributed by atoms with van der Waals surface area (Å²) >= 11 is 1.65. The fourth-order valence-electron chi connectivity index (χ4n) is 2.73. The van der Waals surface area contributed by atoms with Gasteiger partial charge in [0, 0.05) is 19.2 Å². The molecule has 0 unspecified atom stereocenters. The number of fused-ring (bicyclic) bond motifs is 1. The van der Waals surface area contributed by atoms with Crippen molar-refractivity contribution in [2.45, 2.75) is 31.7 Å². The van der Waals surface area contributed by atoms with Crippen LogP contribution in [0.4, 0.5) is 5.82 Å². The Balaban J connectivity index is 1.98. The highest BCUT2D eigenvalue weighted by Gasteiger charge is 2.24. The molecule has 3 rings (SSSR count). The summed E-state index contributed by atoms with van der Waals surface area (Å²) in [6, 6.07) is 2.52. The molecule has 2 aromatic heterocycles. The molecule has 1 fully saturated rings. The maximum atomic E-state index is 9.20. The van der Waals surface area contributed by atoms with Gasteiger partial charge in [-0.1, -0.05) is 0 Å². The minimum atomic E-state index is 0.249. The topological polar surface area (TPSA) is 49.2 Å². The molecule has 0 bridgehead atoms. The van der Waals surface area contributed by atoms with Crippen LogP contribution in [0.15, 0.2) is 17.8 Å². The molecule has 0 radical (unpaired) electrons. The lowest BCUT2D eigenvalue weighted by atomic mass is 9.99. The van der Waals surface area contributed by atoms with E-state index in [4.69, 9.17) is 0 Å². The minimum Gasteiger partial charge on any atom is -0.396 e. The van der Waals surface area contributed by atoms with Crippen molar-refractivity contribution in [3.05, 3.63) is 17.8 Å². The molecule has 0 aliphatic carbocycles. The van der Waals surface area contributed by atoms with Gasteiger partial charge in [-0.15, -0.1) is 11.3 Å². The molecule has 1 N–H and O–H groups in total. The second-order valence-electron chi connectivity index (χ2n) is 4.69. The first kappa shape index (κ1) is 11.9. The lowest BCUT2D eigenvalue weighted by molar-refractivity contribution is 0.262. The molecule has 1 aliphatic rings. The van der Waals surface area contributed by atoms with E-state index in [9.17, 15) is 5.11 Å². The first-order chi connectivity index (χ1) is 8.90. The summed E-state index contributed by atoms with van der Waals surface area (Å²) < 4.78 is 0. The van der Waals surface area contributed by atoms with Gasteiger partial charge in [0.05, 0.1) is 5.39 Å². The van der Waals surface area contributed by atoms with E-state index < -0.39 is 0 Å². The molecule has 3 heterocycles. The van der Waals surface area contributed by atoms with E-state index in [1.165, 1.54) is 12.8 Å². The third-order valence-electron chi connectivity index (χ3n) is 3.60. The summed E-state index contributed by atoms with van der Waals surface area (Å²) in [5, 5.41) is 12.4. The second kappa shape index (κ2) is 5.20. The van der Waals surface area contributed by atoms with Crippen molar-refractivity contribution in [3.63, 3.8) is 0 Å². The van der Waals surface area contributed by atoms with Gasteiger partial charge >= 0.3 is 0 Å². The predicted octanol–water partition coefficient (Wildman–Crippen LogP) is 2.43. The highest BCUT2D eigenvalue weighted by Crippen LogP contribution is 2.31. The molecule has 2 aromatic rings. The van der Waals surface area contributed by atoms with Crippen molar-refractivity contribution in [1.82, 2.24) is 9.97 Å². The quantitative estimate of drug-likeness (QED) is 0.924. The Morgan fingerprint density at radius 3 is 3.22 bits per heavy atom. The summed E-state index contributed by atoms with van der Waals surface area (Å²) in [5.74, 6) is 1.04. The van der Waals surface area contributed by atoms with Gasteiger partial charge in [-0.3, -0.25) is 0 Å². The van der Waals surface area contributed by atoms with Crippen LogP contribution < -0.4 is 4.90 Å². The minimum absolute atomic E-state index is 0.249. The Kier molecular flexibility index (Phi) is 3.43. The Hall–Kier alpha value is -1.20. The van der Waals surface area contributed by atoms with Crippen LogP contribution >= 0.6 is 11.3 Å². The van der Waals surface area contributed by atoms with E-state index in [0.29, 0.717) is 6.04 Å². The van der Waals surface area contributed by atoms with Gasteiger partial charge in [0.1, 0.15) is 17.0 Å². The number of hydrogen-bond donors (Lipinski definition) is 1. The summed E-state index contributed by atoms with van der Waals surface area (Å²) in [6.45, 7) is 1.28. The number of hydrogen-bond acceptors (Lipinski definition) is 5. The highest BCUT2D eigenvalue weighted by molar-refractivity contribution is 7.16. The molecule has 0 spiro atoms. The molecule has 1 atom stereocenters. The maximum Gasteiger partial charge on any atom is 0.141 e. The molecule has 4 nitrogen and oxygen atoms in total. The molecule has 1 saturated heterocycles. The molecule has 0 amide bonds. The van der Waals surface area contributed by atoms with E-state index in [2.05, 4.69) is 26.3 Å². The Morgan fingerprint density at radius 2 is 2.33 bits per heavy atom. The first-order valence-electron chi connectivity index (χ1n) is 6.46. The number of thiophene rings is 1. The summed E-state index contributed by atoms with van der Waals surface area (Å²) in [4.78, 5) is 12.2. The standard InChI is InChI=1S/C13H17N3OS/c17-7-4-10-3-1-2-6-16(10)12-11-5-8-18-13(11)15-9-14-12/h5,8-10,17H,1-4,6-7H2/t10-/m1/s1. The second-order valence-corrected chi connectivity index (χ2v) is 5.59. The van der Waals surface area contributed by atoms with Crippen molar-refractivity contribution in [1.29, 1.82) is 0 Å². The van der Waals surface area contributed by atoms with Gasteiger partial charge in [-0.2, -0.15) is 0 Å². The third kappa shape index (κ3) is 2.08. The Bertz CT molecular complexity index is 526. The van der Waals surface area contributed by atoms with Crippen LogP contribution in [0.5, 0.6) is 0 Å². The van der Waals surface area contributed by atoms with Gasteiger partial charge < -0.3 is 10.0 Å². The Labute approximate surface area is 110 Å². The number of nitrogens with zero attached hydrogens (tertiary/aromatic N) is 3. The zero-order chi connectivity index (χ0) is 12.4. The smallest absolute Gasteiger partial charge is 0.141 e. The monoisotopic (exact) mass is 263 g/mol. The van der Waals surface area contributed by atoms with Crippen molar-refractivity contribution in [3.8, 4) is 0 Å². The van der Waals surface area contributed by atoms with Crippen LogP contribution in [-0.2, 0) is 0 Å². The molecule has 18 heavy (non-hydrogen) atoms. The lowest BCUT2D eigenvalue weighted by Crippen LogP contribution is -2.40. The fourth-order valence-corrected chi connectivity index (χ4v) is 3.46. The van der Waals surface area contributed by atoms with Gasteiger partial charge in [0.2, 0.25) is 0 Å². The van der Waals surface area contributed by atoms with Crippen molar-refractivity contribution < 1.29 is 5.11 Å². The van der Waals surface area contributed by atoms with Crippen LogP contribution in [0.2, 0.25) is 0 Å². The first-order valence-corrected chi connectivity index (χ1v) is 7.34. The number of aromatic nitrogens is 2. The summed E-state index contributed by atoms with van der Waals surface area (Å²) in [5.41, 5.74) is 0. The molecule has 5 heteroatoms. The summed E-state index contributed by atoms with van der Waals surface area (Å²) in [7, 11) is 0. The number of aliphatic hydroxyl groups is 1. The number of aliphatic hydroxyl groups excluding tert-OH is 1. The highest BCUT2D eigenvalue weighted by atomic mass is 32.1. The Morgan fingerprint density at radius 1 is 1.39 bits per heavy atom. The predicted molar refractivity (Wildman–Crippen MR) is 74.1 cm³/mol. The van der Waals surface area contributed by atoms with E-state index in [1.807, 2.05) is 0 Å². The summed E-state index contributed by atoms with van der Waals surface area (Å²) in [6.07, 6.45) is 6.08. The molecule has 0 saturated carbocycles. The normalized spacial score (nSPS) is 20.5. The average Bonchev–Trinajstić information content (AvgIpc) is 2.88. The van der Waals surface area contributed by atoms with Crippen molar-refractivity contribution >= 4 is 27.4 Å². The molecule has 1 aliphatic heterocycles. The lowest BCUT2D eigenvalue weighted by Gasteiger charge is -2.36. The van der Waals surface area contributed by atoms with Crippen LogP contribution in [-0.4, -0.2) is 34.3 Å². The molecular formula is C13H17N3OS. The SMILES string of the molecule is OCC[C@H]1CCCCN1c1ncnc2sccc12. The van der Waals surface area contributed by atoms with Gasteiger partial charge in [-0.05, 0) is 37.1 Å². The van der Waals surface area contributed by atoms with Crippen LogP contribution in [0.3, 0.4) is 0 Å². The number of anilines is 1. The van der Waals surface area contributed by atoms with Crippen molar-refractivity contribution in [2.75, 3.05) is 18.1 Å². The number of piperidine rings is 1. The fraction of sp³-hybridized carbons (Fsp3) is 0.538. The van der Waals surface area contributed by atoms with E-state index in [-0.39, 0.29) is 6.61 Å². The van der Waals surface area contributed by atoms with Crippen LogP contribution in [0.25, 0.3) is 10.2 Å². The van der Waals surface area contributed by atoms with E-state index in [1.54, 1.807) is 17.7 Å².